The molecule has 0 saturated heterocycles. The Balaban J connectivity index is 1.65. The summed E-state index contributed by atoms with van der Waals surface area (Å²) in [6.45, 7) is 2.15. The van der Waals surface area contributed by atoms with E-state index in [-0.39, 0.29) is 0 Å². The van der Waals surface area contributed by atoms with E-state index in [9.17, 15) is 0 Å². The first kappa shape index (κ1) is 18.7. The molecule has 5 aromatic carbocycles. The minimum Gasteiger partial charge on any atom is -0.309 e. The second kappa shape index (κ2) is 7.55. The molecule has 6 rings (SSSR count). The normalized spacial score (nSPS) is 11.3. The summed E-state index contributed by atoms with van der Waals surface area (Å²) in [4.78, 5) is 0. The Morgan fingerprint density at radius 3 is 1.97 bits per heavy atom. The summed E-state index contributed by atoms with van der Waals surface area (Å²) >= 11 is 0. The summed E-state index contributed by atoms with van der Waals surface area (Å²) in [5.74, 6) is 0. The topological polar surface area (TPSA) is 4.93 Å². The summed E-state index contributed by atoms with van der Waals surface area (Å²) < 4.78 is 2.40. The van der Waals surface area contributed by atoms with Gasteiger partial charge in [0.25, 0.3) is 0 Å². The minimum absolute atomic E-state index is 1.20. The monoisotopic (exact) mass is 409 g/mol. The third kappa shape index (κ3) is 3.02. The van der Waals surface area contributed by atoms with Crippen molar-refractivity contribution in [3.63, 3.8) is 0 Å². The number of aromatic nitrogens is 1. The van der Waals surface area contributed by atoms with Crippen LogP contribution in [-0.2, 0) is 0 Å². The fourth-order valence-corrected chi connectivity index (χ4v) is 4.79. The fourth-order valence-electron chi connectivity index (χ4n) is 4.79. The summed E-state index contributed by atoms with van der Waals surface area (Å²) in [5.41, 5.74) is 9.91. The number of fused-ring (bicyclic) bond motifs is 3. The number of hydrogen-bond acceptors (Lipinski definition) is 0. The molecule has 0 amide bonds. The van der Waals surface area contributed by atoms with Gasteiger partial charge in [-0.2, -0.15) is 0 Å². The van der Waals surface area contributed by atoms with Crippen molar-refractivity contribution >= 4 is 21.8 Å². The zero-order valence-corrected chi connectivity index (χ0v) is 18.0. The highest BCUT2D eigenvalue weighted by atomic mass is 15.0. The van der Waals surface area contributed by atoms with Crippen molar-refractivity contribution in [3.8, 4) is 27.9 Å². The molecule has 0 bridgehead atoms. The number of para-hydroxylation sites is 1. The molecule has 0 aliphatic rings. The lowest BCUT2D eigenvalue weighted by Crippen LogP contribution is -1.94. The van der Waals surface area contributed by atoms with Gasteiger partial charge in [-0.15, -0.1) is 0 Å². The maximum Gasteiger partial charge on any atom is 0.0547 e. The number of aryl methyl sites for hydroxylation is 1. The Bertz CT molecular complexity index is 1570. The van der Waals surface area contributed by atoms with Crippen LogP contribution < -0.4 is 0 Å². The van der Waals surface area contributed by atoms with Crippen LogP contribution in [0.1, 0.15) is 5.56 Å². The highest BCUT2D eigenvalue weighted by Crippen LogP contribution is 2.37. The largest absolute Gasteiger partial charge is 0.309 e. The molecule has 1 heterocycles. The van der Waals surface area contributed by atoms with Crippen molar-refractivity contribution in [1.29, 1.82) is 0 Å². The number of nitrogens with zero attached hydrogens (tertiary/aromatic N) is 1. The number of benzene rings is 5. The third-order valence-electron chi connectivity index (χ3n) is 6.26. The van der Waals surface area contributed by atoms with E-state index in [0.29, 0.717) is 0 Å². The quantitative estimate of drug-likeness (QED) is 0.276. The Labute approximate surface area is 188 Å². The summed E-state index contributed by atoms with van der Waals surface area (Å²) in [6.07, 6.45) is 0. The minimum atomic E-state index is 1.20. The van der Waals surface area contributed by atoms with Crippen LogP contribution in [0.5, 0.6) is 0 Å². The molecule has 0 saturated carbocycles. The van der Waals surface area contributed by atoms with E-state index >= 15 is 0 Å². The molecule has 32 heavy (non-hydrogen) atoms. The van der Waals surface area contributed by atoms with Crippen LogP contribution >= 0.6 is 0 Å². The van der Waals surface area contributed by atoms with Crippen molar-refractivity contribution in [1.82, 2.24) is 4.57 Å². The predicted molar refractivity (Wildman–Crippen MR) is 136 cm³/mol. The van der Waals surface area contributed by atoms with E-state index in [4.69, 9.17) is 0 Å². The van der Waals surface area contributed by atoms with Crippen LogP contribution in [0.4, 0.5) is 0 Å². The molecule has 0 N–H and O–H groups in total. The first-order valence-electron chi connectivity index (χ1n) is 11.0. The zero-order valence-electron chi connectivity index (χ0n) is 18.0. The van der Waals surface area contributed by atoms with Crippen LogP contribution in [0.25, 0.3) is 49.7 Å². The molecule has 0 aliphatic carbocycles. The molecule has 0 radical (unpaired) electrons. The Morgan fingerprint density at radius 1 is 0.469 bits per heavy atom. The van der Waals surface area contributed by atoms with Crippen molar-refractivity contribution in [2.45, 2.75) is 6.92 Å². The molecule has 0 unspecified atom stereocenters. The molecule has 0 atom stereocenters. The van der Waals surface area contributed by atoms with Crippen molar-refractivity contribution < 1.29 is 0 Å². The first-order chi connectivity index (χ1) is 15.8. The van der Waals surface area contributed by atoms with Gasteiger partial charge in [0, 0.05) is 16.5 Å². The highest BCUT2D eigenvalue weighted by molar-refractivity contribution is 6.10. The summed E-state index contributed by atoms with van der Waals surface area (Å²) in [5, 5.41) is 2.56. The van der Waals surface area contributed by atoms with Gasteiger partial charge in [-0.3, -0.25) is 0 Å². The lowest BCUT2D eigenvalue weighted by Gasteiger charge is -2.12. The maximum absolute atomic E-state index is 2.40. The van der Waals surface area contributed by atoms with Crippen LogP contribution in [0.3, 0.4) is 0 Å². The molecule has 1 aromatic heterocycles. The molecular weight excluding hydrogens is 386 g/mol. The van der Waals surface area contributed by atoms with Gasteiger partial charge in [0.1, 0.15) is 0 Å². The lowest BCUT2D eigenvalue weighted by atomic mass is 9.94. The molecule has 6 aromatic rings. The smallest absolute Gasteiger partial charge is 0.0547 e. The number of rotatable bonds is 3. The van der Waals surface area contributed by atoms with Gasteiger partial charge >= 0.3 is 0 Å². The molecule has 0 fully saturated rings. The zero-order chi connectivity index (χ0) is 21.5. The second-order valence-electron chi connectivity index (χ2n) is 8.34. The first-order valence-corrected chi connectivity index (χ1v) is 11.0. The molecule has 1 heteroatoms. The van der Waals surface area contributed by atoms with Gasteiger partial charge in [-0.25, -0.2) is 0 Å². The Morgan fingerprint density at radius 2 is 1.16 bits per heavy atom. The van der Waals surface area contributed by atoms with E-state index in [2.05, 4.69) is 133 Å². The fraction of sp³-hybridized carbons (Fsp3) is 0.0323. The van der Waals surface area contributed by atoms with Crippen LogP contribution in [0.2, 0.25) is 0 Å². The molecule has 0 spiro atoms. The third-order valence-corrected chi connectivity index (χ3v) is 6.26. The van der Waals surface area contributed by atoms with Crippen molar-refractivity contribution in [2.75, 3.05) is 0 Å². The average Bonchev–Trinajstić information content (AvgIpc) is 3.18. The van der Waals surface area contributed by atoms with E-state index in [1.807, 2.05) is 0 Å². The van der Waals surface area contributed by atoms with Crippen LogP contribution in [0.15, 0.2) is 121 Å². The van der Waals surface area contributed by atoms with Gasteiger partial charge in [0.2, 0.25) is 0 Å². The maximum atomic E-state index is 2.40. The standard InChI is InChI=1S/C31H23N/c1-22-10-9-13-25(20-22)32-30-17-8-7-16-28(30)29-19-18-24(21-31(29)32)27-15-6-5-14-26(27)23-11-3-2-4-12-23/h2-21H,1H3. The molecule has 152 valence electrons. The van der Waals surface area contributed by atoms with Gasteiger partial charge in [0.15, 0.2) is 0 Å². The van der Waals surface area contributed by atoms with E-state index < -0.39 is 0 Å². The number of hydrogen-bond donors (Lipinski definition) is 0. The summed E-state index contributed by atoms with van der Waals surface area (Å²) in [6, 6.07) is 43.6. The Hall–Kier alpha value is -4.10. The van der Waals surface area contributed by atoms with Crippen molar-refractivity contribution in [2.24, 2.45) is 0 Å². The van der Waals surface area contributed by atoms with Gasteiger partial charge in [-0.1, -0.05) is 97.1 Å². The van der Waals surface area contributed by atoms with Gasteiger partial charge < -0.3 is 4.57 Å². The van der Waals surface area contributed by atoms with E-state index in [0.717, 1.165) is 0 Å². The van der Waals surface area contributed by atoms with E-state index in [1.165, 1.54) is 55.3 Å². The van der Waals surface area contributed by atoms with Crippen LogP contribution in [-0.4, -0.2) is 4.57 Å². The van der Waals surface area contributed by atoms with Crippen molar-refractivity contribution in [3.05, 3.63) is 127 Å². The van der Waals surface area contributed by atoms with Crippen LogP contribution in [0, 0.1) is 6.92 Å². The molecular formula is C31H23N. The predicted octanol–water partition coefficient (Wildman–Crippen LogP) is 8.43. The van der Waals surface area contributed by atoms with Gasteiger partial charge in [-0.05, 0) is 59.0 Å². The second-order valence-corrected chi connectivity index (χ2v) is 8.34. The molecule has 1 nitrogen and oxygen atoms in total. The SMILES string of the molecule is Cc1cccc(-n2c3ccccc3c3ccc(-c4ccccc4-c4ccccc4)cc32)c1. The summed E-state index contributed by atoms with van der Waals surface area (Å²) in [7, 11) is 0. The van der Waals surface area contributed by atoms with E-state index in [1.54, 1.807) is 0 Å². The highest BCUT2D eigenvalue weighted by Gasteiger charge is 2.14. The molecule has 0 aliphatic heterocycles. The van der Waals surface area contributed by atoms with Gasteiger partial charge in [0.05, 0.1) is 11.0 Å². The lowest BCUT2D eigenvalue weighted by molar-refractivity contribution is 1.17. The Kier molecular flexibility index (Phi) is 4.40. The average molecular weight is 410 g/mol.